The Hall–Kier alpha value is -0.990. The quantitative estimate of drug-likeness (QED) is 0.882. The van der Waals surface area contributed by atoms with Crippen LogP contribution in [-0.4, -0.2) is 13.5 Å². The molecule has 0 unspecified atom stereocenters. The average Bonchev–Trinajstić information content (AvgIpc) is 2.92. The lowest BCUT2D eigenvalue weighted by molar-refractivity contribution is 0.281. The lowest BCUT2D eigenvalue weighted by atomic mass is 10.2. The van der Waals surface area contributed by atoms with Gasteiger partial charge >= 0.3 is 0 Å². The second kappa shape index (κ2) is 6.19. The smallest absolute Gasteiger partial charge is 0.241 e. The summed E-state index contributed by atoms with van der Waals surface area (Å²) in [6.45, 7) is -0.414. The third kappa shape index (κ3) is 3.36. The highest BCUT2D eigenvalue weighted by Gasteiger charge is 2.18. The Kier molecular flexibility index (Phi) is 4.77. The summed E-state index contributed by atoms with van der Waals surface area (Å²) in [4.78, 5) is 0.574. The number of aliphatic hydroxyl groups is 1. The topological polar surface area (TPSA) is 66.4 Å². The number of sulfonamides is 1. The molecule has 20 heavy (non-hydrogen) atoms. The lowest BCUT2D eigenvalue weighted by Gasteiger charge is -2.09. The van der Waals surface area contributed by atoms with Gasteiger partial charge in [0.1, 0.15) is 5.82 Å². The summed E-state index contributed by atoms with van der Waals surface area (Å²) in [5.74, 6) is -0.880. The van der Waals surface area contributed by atoms with Gasteiger partial charge in [0, 0.05) is 17.0 Å². The second-order valence-electron chi connectivity index (χ2n) is 3.94. The maximum Gasteiger partial charge on any atom is 0.241 e. The van der Waals surface area contributed by atoms with Gasteiger partial charge in [0.15, 0.2) is 0 Å². The predicted octanol–water partition coefficient (Wildman–Crippen LogP) is 2.51. The highest BCUT2D eigenvalue weighted by molar-refractivity contribution is 7.89. The van der Waals surface area contributed by atoms with Crippen molar-refractivity contribution in [1.29, 1.82) is 0 Å². The number of nitrogens with one attached hydrogen (secondary N) is 1. The molecular weight excluding hydrogens is 325 g/mol. The average molecular weight is 336 g/mol. The van der Waals surface area contributed by atoms with Gasteiger partial charge in [-0.3, -0.25) is 0 Å². The van der Waals surface area contributed by atoms with Crippen molar-refractivity contribution in [2.45, 2.75) is 18.0 Å². The lowest BCUT2D eigenvalue weighted by Crippen LogP contribution is -2.23. The van der Waals surface area contributed by atoms with Crippen LogP contribution in [0.15, 0.2) is 34.5 Å². The normalized spacial score (nSPS) is 11.8. The van der Waals surface area contributed by atoms with E-state index in [1.165, 1.54) is 11.3 Å². The van der Waals surface area contributed by atoms with E-state index in [4.69, 9.17) is 16.7 Å². The number of hydrogen-bond donors (Lipinski definition) is 2. The Labute approximate surface area is 124 Å². The summed E-state index contributed by atoms with van der Waals surface area (Å²) in [6.07, 6.45) is 0. The zero-order valence-electron chi connectivity index (χ0n) is 10.1. The van der Waals surface area contributed by atoms with Crippen molar-refractivity contribution in [2.75, 3.05) is 0 Å². The van der Waals surface area contributed by atoms with Crippen LogP contribution in [0.25, 0.3) is 0 Å². The molecule has 0 atom stereocenters. The van der Waals surface area contributed by atoms with E-state index in [0.717, 1.165) is 17.0 Å². The van der Waals surface area contributed by atoms with Crippen molar-refractivity contribution >= 4 is 33.0 Å². The van der Waals surface area contributed by atoms with Crippen molar-refractivity contribution < 1.29 is 17.9 Å². The Morgan fingerprint density at radius 1 is 1.40 bits per heavy atom. The highest BCUT2D eigenvalue weighted by Crippen LogP contribution is 2.24. The van der Waals surface area contributed by atoms with Crippen LogP contribution in [0.1, 0.15) is 10.4 Å². The largest absolute Gasteiger partial charge is 0.392 e. The SMILES string of the molecule is O=S(=O)(NCc1cccs1)c1cc(F)c(Cl)c(CO)c1. The molecule has 1 heterocycles. The molecule has 108 valence electrons. The van der Waals surface area contributed by atoms with E-state index in [9.17, 15) is 12.8 Å². The second-order valence-corrected chi connectivity index (χ2v) is 7.12. The summed E-state index contributed by atoms with van der Waals surface area (Å²) in [6, 6.07) is 5.58. The van der Waals surface area contributed by atoms with Crippen molar-refractivity contribution in [3.8, 4) is 0 Å². The van der Waals surface area contributed by atoms with Crippen molar-refractivity contribution in [1.82, 2.24) is 4.72 Å². The van der Waals surface area contributed by atoms with Gasteiger partial charge < -0.3 is 5.11 Å². The minimum absolute atomic E-state index is 0.0307. The maximum absolute atomic E-state index is 13.5. The molecule has 0 saturated heterocycles. The number of halogens is 2. The molecule has 1 aromatic heterocycles. The minimum atomic E-state index is -3.86. The minimum Gasteiger partial charge on any atom is -0.392 e. The summed E-state index contributed by atoms with van der Waals surface area (Å²) >= 11 is 7.04. The van der Waals surface area contributed by atoms with E-state index in [2.05, 4.69) is 4.72 Å². The molecule has 1 aromatic carbocycles. The third-order valence-electron chi connectivity index (χ3n) is 2.57. The first-order valence-electron chi connectivity index (χ1n) is 5.55. The number of hydrogen-bond acceptors (Lipinski definition) is 4. The molecule has 2 N–H and O–H groups in total. The van der Waals surface area contributed by atoms with Gasteiger partial charge in [-0.15, -0.1) is 11.3 Å². The zero-order chi connectivity index (χ0) is 14.8. The van der Waals surface area contributed by atoms with Gasteiger partial charge in [0.25, 0.3) is 0 Å². The van der Waals surface area contributed by atoms with E-state index in [-0.39, 0.29) is 22.0 Å². The zero-order valence-corrected chi connectivity index (χ0v) is 12.5. The fraction of sp³-hybridized carbons (Fsp3) is 0.167. The van der Waals surface area contributed by atoms with E-state index in [1.54, 1.807) is 12.1 Å². The summed E-state index contributed by atoms with van der Waals surface area (Å²) in [7, 11) is -3.86. The first kappa shape index (κ1) is 15.4. The van der Waals surface area contributed by atoms with Crippen LogP contribution >= 0.6 is 22.9 Å². The van der Waals surface area contributed by atoms with Crippen molar-refractivity contribution in [3.05, 3.63) is 50.9 Å². The molecule has 0 amide bonds. The molecule has 2 rings (SSSR count). The Balaban J connectivity index is 2.27. The summed E-state index contributed by atoms with van der Waals surface area (Å²) in [5, 5.41) is 10.6. The fourth-order valence-electron chi connectivity index (χ4n) is 1.55. The molecule has 0 radical (unpaired) electrons. The predicted molar refractivity (Wildman–Crippen MR) is 75.7 cm³/mol. The molecular formula is C12H11ClFNO3S2. The van der Waals surface area contributed by atoms with Crippen LogP contribution in [0, 0.1) is 5.82 Å². The molecule has 0 aliphatic carbocycles. The van der Waals surface area contributed by atoms with Crippen LogP contribution in [0.5, 0.6) is 0 Å². The molecule has 2 aromatic rings. The van der Waals surface area contributed by atoms with Crippen molar-refractivity contribution in [3.63, 3.8) is 0 Å². The fourth-order valence-corrected chi connectivity index (χ4v) is 3.52. The van der Waals surface area contributed by atoms with Gasteiger partial charge in [-0.05, 0) is 23.6 Å². The van der Waals surface area contributed by atoms with Gasteiger partial charge in [0.2, 0.25) is 10.0 Å². The van der Waals surface area contributed by atoms with Crippen LogP contribution < -0.4 is 4.72 Å². The molecule has 0 spiro atoms. The van der Waals surface area contributed by atoms with Gasteiger partial charge in [-0.1, -0.05) is 17.7 Å². The van der Waals surface area contributed by atoms with Crippen LogP contribution in [0.3, 0.4) is 0 Å². The Bertz CT molecular complexity index is 702. The van der Waals surface area contributed by atoms with Gasteiger partial charge in [0.05, 0.1) is 16.5 Å². The van der Waals surface area contributed by atoms with Crippen LogP contribution in [-0.2, 0) is 23.2 Å². The highest BCUT2D eigenvalue weighted by atomic mass is 35.5. The molecule has 0 fully saturated rings. The first-order chi connectivity index (χ1) is 9.44. The van der Waals surface area contributed by atoms with Gasteiger partial charge in [-0.2, -0.15) is 0 Å². The molecule has 0 aliphatic rings. The van der Waals surface area contributed by atoms with Gasteiger partial charge in [-0.25, -0.2) is 17.5 Å². The standard InChI is InChI=1S/C12H11ClFNO3S2/c13-12-8(7-16)4-10(5-11(12)14)20(17,18)15-6-9-2-1-3-19-9/h1-5,15-16H,6-7H2. The summed E-state index contributed by atoms with van der Waals surface area (Å²) < 4.78 is 40.0. The van der Waals surface area contributed by atoms with E-state index in [1.807, 2.05) is 5.38 Å². The van der Waals surface area contributed by atoms with Crippen LogP contribution in [0.2, 0.25) is 5.02 Å². The van der Waals surface area contributed by atoms with Crippen LogP contribution in [0.4, 0.5) is 4.39 Å². The third-order valence-corrected chi connectivity index (χ3v) is 5.25. The molecule has 4 nitrogen and oxygen atoms in total. The molecule has 0 aliphatic heterocycles. The maximum atomic E-state index is 13.5. The van der Waals surface area contributed by atoms with Crippen molar-refractivity contribution in [2.24, 2.45) is 0 Å². The number of aliphatic hydroxyl groups excluding tert-OH is 1. The van der Waals surface area contributed by atoms with E-state index in [0.29, 0.717) is 0 Å². The van der Waals surface area contributed by atoms with E-state index >= 15 is 0 Å². The first-order valence-corrected chi connectivity index (χ1v) is 8.29. The number of benzene rings is 1. The molecule has 0 bridgehead atoms. The van der Waals surface area contributed by atoms with E-state index < -0.39 is 22.4 Å². The molecule has 8 heteroatoms. The number of thiophene rings is 1. The molecule has 0 saturated carbocycles. The Morgan fingerprint density at radius 3 is 2.75 bits per heavy atom. The summed E-state index contributed by atoms with van der Waals surface area (Å²) in [5.41, 5.74) is 0.0307. The number of rotatable bonds is 5. The monoisotopic (exact) mass is 335 g/mol. The Morgan fingerprint density at radius 2 is 2.15 bits per heavy atom.